The summed E-state index contributed by atoms with van der Waals surface area (Å²) < 4.78 is 60.7. The van der Waals surface area contributed by atoms with Crippen LogP contribution in [0.1, 0.15) is 6.42 Å². The molecule has 1 aromatic rings. The fourth-order valence-electron chi connectivity index (χ4n) is 2.71. The van der Waals surface area contributed by atoms with Crippen molar-refractivity contribution in [1.29, 1.82) is 0 Å². The zero-order valence-electron chi connectivity index (χ0n) is 13.5. The molecule has 10 heteroatoms. The molecular weight excluding hydrogens is 358 g/mol. The predicted octanol–water partition coefficient (Wildman–Crippen LogP) is -0.126. The van der Waals surface area contributed by atoms with E-state index in [9.17, 15) is 21.9 Å². The molecule has 1 aliphatic heterocycles. The number of aliphatic hydroxyl groups is 1. The fraction of sp³-hybridized carbons (Fsp3) is 0.571. The lowest BCUT2D eigenvalue weighted by molar-refractivity contribution is 0.232. The maximum Gasteiger partial charge on any atom is 0.247 e. The normalized spacial score (nSPS) is 20.2. The number of ether oxygens (including phenoxy) is 2. The Morgan fingerprint density at radius 2 is 2.00 bits per heavy atom. The smallest absolute Gasteiger partial charge is 0.247 e. The maximum atomic E-state index is 13.1. The maximum absolute atomic E-state index is 13.1. The third-order valence-electron chi connectivity index (χ3n) is 3.89. The van der Waals surface area contributed by atoms with Gasteiger partial charge in [0, 0.05) is 18.7 Å². The number of aliphatic hydroxyl groups excluding tert-OH is 1. The average Bonchev–Trinajstić information content (AvgIpc) is 2.91. The van der Waals surface area contributed by atoms with E-state index in [1.165, 1.54) is 26.4 Å². The Bertz CT molecular complexity index is 789. The molecule has 0 unspecified atom stereocenters. The molecule has 1 fully saturated rings. The monoisotopic (exact) mass is 379 g/mol. The molecule has 0 amide bonds. The van der Waals surface area contributed by atoms with E-state index in [-0.39, 0.29) is 35.1 Å². The molecule has 1 atom stereocenters. The zero-order valence-corrected chi connectivity index (χ0v) is 15.1. The van der Waals surface area contributed by atoms with Crippen LogP contribution in [0, 0.1) is 0 Å². The highest BCUT2D eigenvalue weighted by Crippen LogP contribution is 2.33. The van der Waals surface area contributed by atoms with Gasteiger partial charge >= 0.3 is 0 Å². The molecule has 0 aliphatic carbocycles. The summed E-state index contributed by atoms with van der Waals surface area (Å²) >= 11 is 0. The second-order valence-electron chi connectivity index (χ2n) is 5.41. The molecule has 1 heterocycles. The van der Waals surface area contributed by atoms with Crippen molar-refractivity contribution < 1.29 is 31.4 Å². The number of benzene rings is 1. The number of hydrogen-bond acceptors (Lipinski definition) is 7. The van der Waals surface area contributed by atoms with Gasteiger partial charge in [0.2, 0.25) is 10.0 Å². The Morgan fingerprint density at radius 3 is 2.50 bits per heavy atom. The van der Waals surface area contributed by atoms with E-state index in [2.05, 4.69) is 0 Å². The van der Waals surface area contributed by atoms with Crippen LogP contribution in [0.5, 0.6) is 11.5 Å². The SMILES string of the molecule is COc1ccc(OC)c(S(=O)(=O)N(CCO)[C@@H]2CCS(=O)(=O)C2)c1. The quantitative estimate of drug-likeness (QED) is 0.703. The van der Waals surface area contributed by atoms with Gasteiger partial charge in [-0.15, -0.1) is 0 Å². The van der Waals surface area contributed by atoms with Crippen molar-refractivity contribution in [1.82, 2.24) is 4.31 Å². The van der Waals surface area contributed by atoms with Crippen molar-refractivity contribution in [3.8, 4) is 11.5 Å². The van der Waals surface area contributed by atoms with Crippen LogP contribution in [0.15, 0.2) is 23.1 Å². The average molecular weight is 379 g/mol. The lowest BCUT2D eigenvalue weighted by Crippen LogP contribution is -2.42. The summed E-state index contributed by atoms with van der Waals surface area (Å²) in [5.41, 5.74) is 0. The Labute approximate surface area is 142 Å². The largest absolute Gasteiger partial charge is 0.497 e. The minimum absolute atomic E-state index is 0.0651. The summed E-state index contributed by atoms with van der Waals surface area (Å²) in [5.74, 6) is 0.139. The van der Waals surface area contributed by atoms with Gasteiger partial charge in [0.05, 0.1) is 32.3 Å². The van der Waals surface area contributed by atoms with Crippen molar-refractivity contribution in [2.45, 2.75) is 17.4 Å². The molecule has 0 bridgehead atoms. The second kappa shape index (κ2) is 7.26. The van der Waals surface area contributed by atoms with E-state index >= 15 is 0 Å². The number of sulfone groups is 1. The van der Waals surface area contributed by atoms with Gasteiger partial charge in [-0.3, -0.25) is 0 Å². The number of nitrogens with zero attached hydrogens (tertiary/aromatic N) is 1. The molecule has 1 aromatic carbocycles. The van der Waals surface area contributed by atoms with Crippen LogP contribution in [0.25, 0.3) is 0 Å². The first-order valence-corrected chi connectivity index (χ1v) is 10.6. The fourth-order valence-corrected chi connectivity index (χ4v) is 6.35. The standard InChI is InChI=1S/C14H21NO7S2/c1-21-12-3-4-13(22-2)14(9-12)24(19,20)15(6-7-16)11-5-8-23(17,18)10-11/h3-4,9,11,16H,5-8,10H2,1-2H3/t11-/m1/s1. The molecule has 136 valence electrons. The first kappa shape index (κ1) is 19.0. The van der Waals surface area contributed by atoms with Crippen molar-refractivity contribution >= 4 is 19.9 Å². The molecule has 1 N–H and O–H groups in total. The molecule has 0 spiro atoms. The summed E-state index contributed by atoms with van der Waals surface area (Å²) in [6.07, 6.45) is 0.202. The molecule has 1 aliphatic rings. The van der Waals surface area contributed by atoms with Crippen molar-refractivity contribution in [3.05, 3.63) is 18.2 Å². The highest BCUT2D eigenvalue weighted by molar-refractivity contribution is 7.92. The van der Waals surface area contributed by atoms with Gasteiger partial charge < -0.3 is 14.6 Å². The first-order valence-electron chi connectivity index (χ1n) is 7.30. The van der Waals surface area contributed by atoms with Gasteiger partial charge in [-0.1, -0.05) is 0 Å². The lowest BCUT2D eigenvalue weighted by Gasteiger charge is -2.27. The van der Waals surface area contributed by atoms with Gasteiger partial charge in [0.15, 0.2) is 9.84 Å². The highest BCUT2D eigenvalue weighted by Gasteiger charge is 2.39. The van der Waals surface area contributed by atoms with Crippen molar-refractivity contribution in [2.24, 2.45) is 0 Å². The van der Waals surface area contributed by atoms with Gasteiger partial charge in [-0.2, -0.15) is 4.31 Å². The molecule has 8 nitrogen and oxygen atoms in total. The van der Waals surface area contributed by atoms with Crippen LogP contribution < -0.4 is 9.47 Å². The van der Waals surface area contributed by atoms with E-state index in [4.69, 9.17) is 9.47 Å². The number of rotatable bonds is 7. The van der Waals surface area contributed by atoms with E-state index in [1.54, 1.807) is 6.07 Å². The van der Waals surface area contributed by atoms with E-state index in [1.807, 2.05) is 0 Å². The van der Waals surface area contributed by atoms with Crippen LogP contribution in [0.4, 0.5) is 0 Å². The van der Waals surface area contributed by atoms with Crippen LogP contribution in [-0.4, -0.2) is 71.2 Å². The Morgan fingerprint density at radius 1 is 1.29 bits per heavy atom. The van der Waals surface area contributed by atoms with Gasteiger partial charge in [0.25, 0.3) is 0 Å². The Kier molecular flexibility index (Phi) is 5.74. The predicted molar refractivity (Wildman–Crippen MR) is 87.6 cm³/mol. The third-order valence-corrected chi connectivity index (χ3v) is 7.62. The second-order valence-corrected chi connectivity index (χ2v) is 9.50. The van der Waals surface area contributed by atoms with E-state index in [0.717, 1.165) is 4.31 Å². The number of methoxy groups -OCH3 is 2. The van der Waals surface area contributed by atoms with Crippen LogP contribution >= 0.6 is 0 Å². The first-order chi connectivity index (χ1) is 11.2. The van der Waals surface area contributed by atoms with Crippen LogP contribution in [0.2, 0.25) is 0 Å². The van der Waals surface area contributed by atoms with Gasteiger partial charge in [0.1, 0.15) is 16.4 Å². The van der Waals surface area contributed by atoms with Gasteiger partial charge in [-0.05, 0) is 18.6 Å². The minimum atomic E-state index is -4.07. The Hall–Kier alpha value is -1.36. The topological polar surface area (TPSA) is 110 Å². The summed E-state index contributed by atoms with van der Waals surface area (Å²) in [6, 6.07) is 3.65. The van der Waals surface area contributed by atoms with Crippen molar-refractivity contribution in [2.75, 3.05) is 38.9 Å². The van der Waals surface area contributed by atoms with E-state index in [0.29, 0.717) is 5.75 Å². The molecule has 1 saturated heterocycles. The van der Waals surface area contributed by atoms with Crippen LogP contribution in [0.3, 0.4) is 0 Å². The number of sulfonamides is 1. The van der Waals surface area contributed by atoms with E-state index < -0.39 is 32.5 Å². The third kappa shape index (κ3) is 3.82. The molecule has 2 rings (SSSR count). The molecular formula is C14H21NO7S2. The minimum Gasteiger partial charge on any atom is -0.497 e. The molecule has 0 radical (unpaired) electrons. The van der Waals surface area contributed by atoms with Crippen LogP contribution in [-0.2, 0) is 19.9 Å². The summed E-state index contributed by atoms with van der Waals surface area (Å²) in [7, 11) is -4.59. The summed E-state index contributed by atoms with van der Waals surface area (Å²) in [4.78, 5) is -0.123. The number of hydrogen-bond donors (Lipinski definition) is 1. The molecule has 0 saturated carbocycles. The Balaban J connectivity index is 2.49. The highest BCUT2D eigenvalue weighted by atomic mass is 32.2. The molecule has 24 heavy (non-hydrogen) atoms. The van der Waals surface area contributed by atoms with Crippen molar-refractivity contribution in [3.63, 3.8) is 0 Å². The lowest BCUT2D eigenvalue weighted by atomic mass is 10.3. The van der Waals surface area contributed by atoms with Gasteiger partial charge in [-0.25, -0.2) is 16.8 Å². The molecule has 0 aromatic heterocycles. The summed E-state index contributed by atoms with van der Waals surface area (Å²) in [6.45, 7) is -0.606. The summed E-state index contributed by atoms with van der Waals surface area (Å²) in [5, 5.41) is 9.25. The zero-order chi connectivity index (χ0) is 18.0.